The number of carbonyl (C=O) groups is 1. The van der Waals surface area contributed by atoms with Crippen LogP contribution in [0.5, 0.6) is 0 Å². The molecule has 0 amide bonds. The summed E-state index contributed by atoms with van der Waals surface area (Å²) in [4.78, 5) is 26.8. The Balaban J connectivity index is 1.43. The van der Waals surface area contributed by atoms with E-state index in [1.54, 1.807) is 18.5 Å². The first-order valence-electron chi connectivity index (χ1n) is 9.49. The molecule has 2 fully saturated rings. The molecule has 142 valence electrons. The van der Waals surface area contributed by atoms with Crippen molar-refractivity contribution in [3.05, 3.63) is 42.0 Å². The van der Waals surface area contributed by atoms with Gasteiger partial charge in [0.2, 0.25) is 0 Å². The Morgan fingerprint density at radius 2 is 1.48 bits per heavy atom. The van der Waals surface area contributed by atoms with Gasteiger partial charge in [0.15, 0.2) is 5.78 Å². The molecular weight excluding hydrogens is 345 g/mol. The molecule has 0 radical (unpaired) electrons. The zero-order valence-electron chi connectivity index (χ0n) is 15.6. The van der Waals surface area contributed by atoms with E-state index in [9.17, 15) is 9.18 Å². The summed E-state index contributed by atoms with van der Waals surface area (Å²) in [7, 11) is 0. The third-order valence-electron chi connectivity index (χ3n) is 5.37. The summed E-state index contributed by atoms with van der Waals surface area (Å²) in [6.45, 7) is 6.51. The lowest BCUT2D eigenvalue weighted by Gasteiger charge is -2.37. The molecule has 3 heterocycles. The molecule has 2 aliphatic rings. The van der Waals surface area contributed by atoms with Crippen LogP contribution in [0.2, 0.25) is 0 Å². The topological polar surface area (TPSA) is 52.6 Å². The van der Waals surface area contributed by atoms with Gasteiger partial charge in [0, 0.05) is 50.9 Å². The van der Waals surface area contributed by atoms with Crippen molar-refractivity contribution in [1.82, 2.24) is 9.97 Å². The average Bonchev–Trinajstić information content (AvgIpc) is 3.23. The fourth-order valence-corrected chi connectivity index (χ4v) is 3.79. The molecule has 2 aromatic rings. The largest absolute Gasteiger partial charge is 0.366 e. The number of hydrogen-bond acceptors (Lipinski definition) is 6. The maximum Gasteiger partial charge on any atom is 0.159 e. The van der Waals surface area contributed by atoms with E-state index in [4.69, 9.17) is 0 Å². The Bertz CT molecular complexity index is 829. The van der Waals surface area contributed by atoms with Crippen LogP contribution in [-0.4, -0.2) is 55.0 Å². The molecular formula is C20H24FN5O. The molecule has 0 N–H and O–H groups in total. The summed E-state index contributed by atoms with van der Waals surface area (Å²) in [5.74, 6) is 1.46. The molecule has 0 atom stereocenters. The van der Waals surface area contributed by atoms with Crippen LogP contribution in [0.1, 0.15) is 30.1 Å². The molecule has 2 saturated heterocycles. The van der Waals surface area contributed by atoms with Gasteiger partial charge in [-0.3, -0.25) is 4.79 Å². The highest BCUT2D eigenvalue weighted by Crippen LogP contribution is 2.25. The first-order valence-corrected chi connectivity index (χ1v) is 9.49. The van der Waals surface area contributed by atoms with Crippen molar-refractivity contribution in [3.8, 4) is 0 Å². The molecule has 7 heteroatoms. The molecule has 0 unspecified atom stereocenters. The Kier molecular flexibility index (Phi) is 4.92. The van der Waals surface area contributed by atoms with E-state index in [0.717, 1.165) is 37.8 Å². The highest BCUT2D eigenvalue weighted by molar-refractivity contribution is 5.94. The molecule has 6 nitrogen and oxygen atoms in total. The van der Waals surface area contributed by atoms with Crippen molar-refractivity contribution < 1.29 is 9.18 Å². The van der Waals surface area contributed by atoms with Crippen molar-refractivity contribution in [3.63, 3.8) is 0 Å². The zero-order valence-corrected chi connectivity index (χ0v) is 15.6. The lowest BCUT2D eigenvalue weighted by Crippen LogP contribution is -2.47. The van der Waals surface area contributed by atoms with Crippen LogP contribution in [0.25, 0.3) is 0 Å². The minimum Gasteiger partial charge on any atom is -0.366 e. The number of halogens is 1. The van der Waals surface area contributed by atoms with E-state index >= 15 is 0 Å². The number of ketones is 1. The number of benzene rings is 1. The number of hydrogen-bond donors (Lipinski definition) is 0. The SMILES string of the molecule is CC(=O)c1ccc(N2CCN(c3cc(N4CCCC4)ncn3)CC2)c(F)c1. The minimum absolute atomic E-state index is 0.122. The van der Waals surface area contributed by atoms with Crippen LogP contribution < -0.4 is 14.7 Å². The van der Waals surface area contributed by atoms with Gasteiger partial charge in [0.25, 0.3) is 0 Å². The monoisotopic (exact) mass is 369 g/mol. The highest BCUT2D eigenvalue weighted by atomic mass is 19.1. The predicted molar refractivity (Wildman–Crippen MR) is 104 cm³/mol. The zero-order chi connectivity index (χ0) is 18.8. The number of aromatic nitrogens is 2. The maximum absolute atomic E-state index is 14.4. The third-order valence-corrected chi connectivity index (χ3v) is 5.37. The Hall–Kier alpha value is -2.70. The summed E-state index contributed by atoms with van der Waals surface area (Å²) in [5, 5.41) is 0. The summed E-state index contributed by atoms with van der Waals surface area (Å²) in [5.41, 5.74) is 0.963. The number of anilines is 3. The van der Waals surface area contributed by atoms with Gasteiger partial charge in [-0.05, 0) is 38.0 Å². The molecule has 2 aliphatic heterocycles. The molecule has 0 aliphatic carbocycles. The quantitative estimate of drug-likeness (QED) is 0.773. The molecule has 0 bridgehead atoms. The van der Waals surface area contributed by atoms with Crippen LogP contribution >= 0.6 is 0 Å². The first-order chi connectivity index (χ1) is 13.1. The number of Topliss-reactive ketones (excluding diaryl/α,β-unsaturated/α-hetero) is 1. The van der Waals surface area contributed by atoms with Crippen molar-refractivity contribution in [2.75, 3.05) is 54.0 Å². The number of nitrogens with zero attached hydrogens (tertiary/aromatic N) is 5. The van der Waals surface area contributed by atoms with Gasteiger partial charge >= 0.3 is 0 Å². The smallest absolute Gasteiger partial charge is 0.159 e. The van der Waals surface area contributed by atoms with E-state index < -0.39 is 0 Å². The van der Waals surface area contributed by atoms with E-state index in [1.165, 1.54) is 25.8 Å². The number of rotatable bonds is 4. The normalized spacial score (nSPS) is 17.5. The van der Waals surface area contributed by atoms with Crippen LogP contribution in [0.15, 0.2) is 30.6 Å². The van der Waals surface area contributed by atoms with E-state index in [1.807, 2.05) is 4.90 Å². The fourth-order valence-electron chi connectivity index (χ4n) is 3.79. The van der Waals surface area contributed by atoms with E-state index in [0.29, 0.717) is 24.3 Å². The van der Waals surface area contributed by atoms with Gasteiger partial charge in [-0.2, -0.15) is 0 Å². The number of piperazine rings is 1. The van der Waals surface area contributed by atoms with Gasteiger partial charge in [-0.15, -0.1) is 0 Å². The summed E-state index contributed by atoms with van der Waals surface area (Å²) < 4.78 is 14.4. The van der Waals surface area contributed by atoms with Gasteiger partial charge < -0.3 is 14.7 Å². The van der Waals surface area contributed by atoms with Gasteiger partial charge in [0.05, 0.1) is 5.69 Å². The van der Waals surface area contributed by atoms with Crippen LogP contribution in [0, 0.1) is 5.82 Å². The van der Waals surface area contributed by atoms with Crippen molar-refractivity contribution in [2.24, 2.45) is 0 Å². The van der Waals surface area contributed by atoms with Gasteiger partial charge in [-0.1, -0.05) is 0 Å². The summed E-state index contributed by atoms with van der Waals surface area (Å²) in [6.07, 6.45) is 4.06. The van der Waals surface area contributed by atoms with E-state index in [2.05, 4.69) is 25.8 Å². The summed E-state index contributed by atoms with van der Waals surface area (Å²) >= 11 is 0. The Morgan fingerprint density at radius 3 is 2.07 bits per heavy atom. The first kappa shape index (κ1) is 17.7. The second-order valence-electron chi connectivity index (χ2n) is 7.13. The van der Waals surface area contributed by atoms with Gasteiger partial charge in [-0.25, -0.2) is 14.4 Å². The van der Waals surface area contributed by atoms with Crippen LogP contribution in [-0.2, 0) is 0 Å². The standard InChI is InChI=1S/C20H24FN5O/c1-15(27)16-4-5-18(17(21)12-16)24-8-10-26(11-9-24)20-13-19(22-14-23-20)25-6-2-3-7-25/h4-5,12-14H,2-3,6-11H2,1H3. The van der Waals surface area contributed by atoms with E-state index in [-0.39, 0.29) is 11.6 Å². The number of carbonyl (C=O) groups excluding carboxylic acids is 1. The maximum atomic E-state index is 14.4. The Morgan fingerprint density at radius 1 is 0.889 bits per heavy atom. The predicted octanol–water partition coefficient (Wildman–Crippen LogP) is 2.75. The van der Waals surface area contributed by atoms with Gasteiger partial charge in [0.1, 0.15) is 23.8 Å². The van der Waals surface area contributed by atoms with Crippen LogP contribution in [0.3, 0.4) is 0 Å². The summed E-state index contributed by atoms with van der Waals surface area (Å²) in [6, 6.07) is 6.79. The molecule has 27 heavy (non-hydrogen) atoms. The van der Waals surface area contributed by atoms with Crippen molar-refractivity contribution in [2.45, 2.75) is 19.8 Å². The average molecular weight is 369 g/mol. The van der Waals surface area contributed by atoms with Crippen LogP contribution in [0.4, 0.5) is 21.7 Å². The highest BCUT2D eigenvalue weighted by Gasteiger charge is 2.22. The Labute approximate surface area is 158 Å². The minimum atomic E-state index is -0.338. The molecule has 1 aromatic heterocycles. The molecule has 0 spiro atoms. The third kappa shape index (κ3) is 3.72. The second-order valence-corrected chi connectivity index (χ2v) is 7.13. The second kappa shape index (κ2) is 7.50. The fraction of sp³-hybridized carbons (Fsp3) is 0.450. The lowest BCUT2D eigenvalue weighted by atomic mass is 10.1. The molecule has 4 rings (SSSR count). The van der Waals surface area contributed by atoms with Crippen molar-refractivity contribution >= 4 is 23.1 Å². The van der Waals surface area contributed by atoms with Crippen molar-refractivity contribution in [1.29, 1.82) is 0 Å². The lowest BCUT2D eigenvalue weighted by molar-refractivity contribution is 0.101. The molecule has 0 saturated carbocycles. The molecule has 1 aromatic carbocycles.